The predicted molar refractivity (Wildman–Crippen MR) is 120 cm³/mol. The summed E-state index contributed by atoms with van der Waals surface area (Å²) in [5, 5.41) is 9.83. The summed E-state index contributed by atoms with van der Waals surface area (Å²) < 4.78 is 22.2. The van der Waals surface area contributed by atoms with Crippen molar-refractivity contribution in [2.45, 2.75) is 17.0 Å². The average Bonchev–Trinajstić information content (AvgIpc) is 3.40. The molecule has 0 saturated carbocycles. The zero-order valence-corrected chi connectivity index (χ0v) is 19.0. The van der Waals surface area contributed by atoms with E-state index in [-0.39, 0.29) is 22.8 Å². The predicted octanol–water partition coefficient (Wildman–Crippen LogP) is 4.90. The SMILES string of the molecule is COC(=O)c1ccc(OC(=O)c2oc3ccccc3c2CSc2nnc(C)s2)c(OC)c1. The number of hydrogen-bond acceptors (Lipinski definition) is 10. The summed E-state index contributed by atoms with van der Waals surface area (Å²) in [6, 6.07) is 11.8. The van der Waals surface area contributed by atoms with Crippen LogP contribution in [0.5, 0.6) is 11.5 Å². The van der Waals surface area contributed by atoms with E-state index in [1.165, 1.54) is 55.5 Å². The van der Waals surface area contributed by atoms with E-state index in [1.807, 2.05) is 25.1 Å². The Labute approximate surface area is 191 Å². The van der Waals surface area contributed by atoms with Crippen LogP contribution in [0.4, 0.5) is 0 Å². The van der Waals surface area contributed by atoms with E-state index in [4.69, 9.17) is 18.6 Å². The summed E-state index contributed by atoms with van der Waals surface area (Å²) in [4.78, 5) is 24.8. The molecular formula is C22H18N2O6S2. The highest BCUT2D eigenvalue weighted by atomic mass is 32.2. The Bertz CT molecular complexity index is 1300. The van der Waals surface area contributed by atoms with Crippen molar-refractivity contribution >= 4 is 46.0 Å². The first kappa shape index (κ1) is 21.8. The lowest BCUT2D eigenvalue weighted by Crippen LogP contribution is -2.11. The third-order valence-corrected chi connectivity index (χ3v) is 6.52. The van der Waals surface area contributed by atoms with Crippen molar-refractivity contribution in [1.29, 1.82) is 0 Å². The number of esters is 2. The van der Waals surface area contributed by atoms with Crippen LogP contribution in [0.25, 0.3) is 11.0 Å². The van der Waals surface area contributed by atoms with Crippen LogP contribution in [0.1, 0.15) is 31.5 Å². The normalized spacial score (nSPS) is 10.8. The number of furan rings is 1. The van der Waals surface area contributed by atoms with Crippen molar-refractivity contribution in [3.05, 3.63) is 64.4 Å². The number of benzene rings is 2. The molecule has 8 nitrogen and oxygen atoms in total. The molecule has 0 atom stereocenters. The highest BCUT2D eigenvalue weighted by Gasteiger charge is 2.24. The molecule has 2 aromatic carbocycles. The maximum atomic E-state index is 13.1. The van der Waals surface area contributed by atoms with Crippen molar-refractivity contribution < 1.29 is 28.2 Å². The van der Waals surface area contributed by atoms with E-state index in [0.717, 1.165) is 14.7 Å². The van der Waals surface area contributed by atoms with E-state index in [9.17, 15) is 9.59 Å². The van der Waals surface area contributed by atoms with Crippen LogP contribution in [-0.4, -0.2) is 36.4 Å². The lowest BCUT2D eigenvalue weighted by Gasteiger charge is -2.10. The number of thioether (sulfide) groups is 1. The van der Waals surface area contributed by atoms with Crippen molar-refractivity contribution in [2.24, 2.45) is 0 Å². The molecule has 0 aliphatic carbocycles. The van der Waals surface area contributed by atoms with Crippen molar-refractivity contribution in [1.82, 2.24) is 10.2 Å². The molecule has 0 saturated heterocycles. The molecule has 0 N–H and O–H groups in total. The number of carbonyl (C=O) groups excluding carboxylic acids is 2. The number of ether oxygens (including phenoxy) is 3. The van der Waals surface area contributed by atoms with Gasteiger partial charge in [0, 0.05) is 16.7 Å². The number of nitrogens with zero attached hydrogens (tertiary/aromatic N) is 2. The molecule has 10 heteroatoms. The number of carbonyl (C=O) groups is 2. The van der Waals surface area contributed by atoms with Crippen LogP contribution in [0.3, 0.4) is 0 Å². The van der Waals surface area contributed by atoms with Gasteiger partial charge in [0.05, 0.1) is 19.8 Å². The Kier molecular flexibility index (Phi) is 6.42. The minimum Gasteiger partial charge on any atom is -0.493 e. The molecule has 32 heavy (non-hydrogen) atoms. The lowest BCUT2D eigenvalue weighted by atomic mass is 10.1. The fourth-order valence-corrected chi connectivity index (χ4v) is 4.86. The summed E-state index contributed by atoms with van der Waals surface area (Å²) in [6.45, 7) is 1.89. The van der Waals surface area contributed by atoms with E-state index < -0.39 is 11.9 Å². The maximum Gasteiger partial charge on any atom is 0.380 e. The molecule has 0 aliphatic rings. The Morgan fingerprint density at radius 1 is 1.06 bits per heavy atom. The van der Waals surface area contributed by atoms with Gasteiger partial charge < -0.3 is 18.6 Å². The number of para-hydroxylation sites is 1. The van der Waals surface area contributed by atoms with Crippen LogP contribution >= 0.6 is 23.1 Å². The Hall–Kier alpha value is -3.37. The van der Waals surface area contributed by atoms with Crippen LogP contribution in [0, 0.1) is 6.92 Å². The molecule has 4 rings (SSSR count). The quantitative estimate of drug-likeness (QED) is 0.212. The van der Waals surface area contributed by atoms with Crippen molar-refractivity contribution in [2.75, 3.05) is 14.2 Å². The van der Waals surface area contributed by atoms with Crippen LogP contribution in [-0.2, 0) is 10.5 Å². The highest BCUT2D eigenvalue weighted by Crippen LogP contribution is 2.35. The summed E-state index contributed by atoms with van der Waals surface area (Å²) in [5.41, 5.74) is 1.56. The topological polar surface area (TPSA) is 101 Å². The van der Waals surface area contributed by atoms with E-state index in [1.54, 1.807) is 6.07 Å². The standard InChI is InChI=1S/C22H18N2O6S2/c1-12-23-24-22(32-12)31-11-15-14-6-4-5-7-16(14)29-19(15)21(26)30-17-9-8-13(20(25)28-3)10-18(17)27-2/h4-10H,11H2,1-3H3. The number of aryl methyl sites for hydroxylation is 1. The first-order valence-corrected chi connectivity index (χ1v) is 11.2. The van der Waals surface area contributed by atoms with Gasteiger partial charge in [-0.1, -0.05) is 41.3 Å². The van der Waals surface area contributed by atoms with E-state index >= 15 is 0 Å². The van der Waals surface area contributed by atoms with Crippen molar-refractivity contribution in [3.63, 3.8) is 0 Å². The van der Waals surface area contributed by atoms with Gasteiger partial charge in [-0.2, -0.15) is 0 Å². The number of aromatic nitrogens is 2. The molecule has 164 valence electrons. The van der Waals surface area contributed by atoms with E-state index in [2.05, 4.69) is 10.2 Å². The molecule has 0 amide bonds. The van der Waals surface area contributed by atoms with Gasteiger partial charge >= 0.3 is 11.9 Å². The zero-order chi connectivity index (χ0) is 22.7. The zero-order valence-electron chi connectivity index (χ0n) is 17.4. The fraction of sp³-hybridized carbons (Fsp3) is 0.182. The second-order valence-electron chi connectivity index (χ2n) is 6.53. The number of fused-ring (bicyclic) bond motifs is 1. The average molecular weight is 471 g/mol. The van der Waals surface area contributed by atoms with Gasteiger partial charge in [0.1, 0.15) is 10.6 Å². The second-order valence-corrected chi connectivity index (χ2v) is 8.93. The lowest BCUT2D eigenvalue weighted by molar-refractivity contribution is 0.0600. The van der Waals surface area contributed by atoms with Gasteiger partial charge in [-0.05, 0) is 31.2 Å². The molecular weight excluding hydrogens is 452 g/mol. The van der Waals surface area contributed by atoms with Crippen molar-refractivity contribution in [3.8, 4) is 11.5 Å². The molecule has 0 bridgehead atoms. The fourth-order valence-electron chi connectivity index (χ4n) is 3.02. The highest BCUT2D eigenvalue weighted by molar-refractivity contribution is 8.00. The molecule has 2 aromatic heterocycles. The summed E-state index contributed by atoms with van der Waals surface area (Å²) in [5.74, 6) is -0.270. The Morgan fingerprint density at radius 3 is 2.59 bits per heavy atom. The number of methoxy groups -OCH3 is 2. The van der Waals surface area contributed by atoms with Gasteiger partial charge in [0.15, 0.2) is 15.8 Å². The smallest absolute Gasteiger partial charge is 0.380 e. The summed E-state index contributed by atoms with van der Waals surface area (Å²) in [7, 11) is 2.70. The molecule has 0 radical (unpaired) electrons. The minimum atomic E-state index is -0.672. The van der Waals surface area contributed by atoms with Crippen LogP contribution < -0.4 is 9.47 Å². The van der Waals surface area contributed by atoms with Gasteiger partial charge in [0.25, 0.3) is 0 Å². The van der Waals surface area contributed by atoms with Gasteiger partial charge in [-0.25, -0.2) is 9.59 Å². The molecule has 2 heterocycles. The number of rotatable bonds is 7. The third kappa shape index (κ3) is 4.46. The molecule has 0 fully saturated rings. The molecule has 0 aliphatic heterocycles. The van der Waals surface area contributed by atoms with Gasteiger partial charge in [-0.15, -0.1) is 10.2 Å². The Balaban J connectivity index is 1.64. The monoisotopic (exact) mass is 470 g/mol. The third-order valence-electron chi connectivity index (χ3n) is 4.52. The molecule has 0 unspecified atom stereocenters. The van der Waals surface area contributed by atoms with E-state index in [0.29, 0.717) is 16.9 Å². The maximum absolute atomic E-state index is 13.1. The summed E-state index contributed by atoms with van der Waals surface area (Å²) >= 11 is 2.95. The largest absolute Gasteiger partial charge is 0.493 e. The minimum absolute atomic E-state index is 0.0963. The van der Waals surface area contributed by atoms with Crippen LogP contribution in [0.2, 0.25) is 0 Å². The second kappa shape index (κ2) is 9.41. The van der Waals surface area contributed by atoms with Gasteiger partial charge in [0.2, 0.25) is 5.76 Å². The van der Waals surface area contributed by atoms with Crippen LogP contribution in [0.15, 0.2) is 51.2 Å². The number of hydrogen-bond donors (Lipinski definition) is 0. The summed E-state index contributed by atoms with van der Waals surface area (Å²) in [6.07, 6.45) is 0. The molecule has 0 spiro atoms. The first-order chi connectivity index (χ1) is 15.5. The molecule has 4 aromatic rings. The first-order valence-electron chi connectivity index (χ1n) is 9.42. The Morgan fingerprint density at radius 2 is 1.88 bits per heavy atom. The van der Waals surface area contributed by atoms with Gasteiger partial charge in [-0.3, -0.25) is 0 Å².